The second-order valence-corrected chi connectivity index (χ2v) is 5.67. The number of halogens is 2. The lowest BCUT2D eigenvalue weighted by molar-refractivity contribution is 0.0886. The number of nitrogens with one attached hydrogen (secondary N) is 1. The van der Waals surface area contributed by atoms with Gasteiger partial charge in [0.1, 0.15) is 0 Å². The summed E-state index contributed by atoms with van der Waals surface area (Å²) in [5.41, 5.74) is 6.39. The van der Waals surface area contributed by atoms with Crippen molar-refractivity contribution in [3.05, 3.63) is 41.0 Å². The SMILES string of the molecule is CCC(CC)(CN)NC(=O)c1cc(-c2cccc(Cl)c2)on1.Cl. The van der Waals surface area contributed by atoms with Crippen LogP contribution >= 0.6 is 24.0 Å². The van der Waals surface area contributed by atoms with Gasteiger partial charge in [0.05, 0.1) is 5.54 Å². The second-order valence-electron chi connectivity index (χ2n) is 5.23. The first-order chi connectivity index (χ1) is 10.5. The van der Waals surface area contributed by atoms with Gasteiger partial charge in [-0.15, -0.1) is 12.4 Å². The van der Waals surface area contributed by atoms with E-state index in [9.17, 15) is 4.79 Å². The number of aromatic nitrogens is 1. The van der Waals surface area contributed by atoms with Crippen molar-refractivity contribution in [3.8, 4) is 11.3 Å². The van der Waals surface area contributed by atoms with Crippen LogP contribution in [0.15, 0.2) is 34.9 Å². The number of hydrogen-bond acceptors (Lipinski definition) is 4. The highest BCUT2D eigenvalue weighted by Crippen LogP contribution is 2.24. The Kier molecular flexibility index (Phi) is 7.06. The maximum Gasteiger partial charge on any atom is 0.273 e. The van der Waals surface area contributed by atoms with Gasteiger partial charge >= 0.3 is 0 Å². The predicted octanol–water partition coefficient (Wildman–Crippen LogP) is 3.66. The minimum absolute atomic E-state index is 0. The van der Waals surface area contributed by atoms with Crippen LogP contribution in [0.3, 0.4) is 0 Å². The van der Waals surface area contributed by atoms with E-state index in [4.69, 9.17) is 21.9 Å². The molecule has 0 radical (unpaired) electrons. The van der Waals surface area contributed by atoms with E-state index in [0.717, 1.165) is 18.4 Å². The molecule has 0 aliphatic heterocycles. The minimum atomic E-state index is -0.410. The van der Waals surface area contributed by atoms with E-state index in [0.29, 0.717) is 17.3 Å². The molecule has 0 unspecified atom stereocenters. The normalized spacial score (nSPS) is 11.0. The van der Waals surface area contributed by atoms with Gasteiger partial charge in [0.25, 0.3) is 5.91 Å². The molecule has 7 heteroatoms. The zero-order chi connectivity index (χ0) is 16.2. The van der Waals surface area contributed by atoms with E-state index in [1.807, 2.05) is 26.0 Å². The van der Waals surface area contributed by atoms with Gasteiger partial charge in [0.15, 0.2) is 11.5 Å². The molecule has 5 nitrogen and oxygen atoms in total. The molecule has 0 atom stereocenters. The summed E-state index contributed by atoms with van der Waals surface area (Å²) < 4.78 is 5.24. The third kappa shape index (κ3) is 4.47. The molecule has 0 saturated carbocycles. The smallest absolute Gasteiger partial charge is 0.273 e. The highest BCUT2D eigenvalue weighted by atomic mass is 35.5. The number of carbonyl (C=O) groups excluding carboxylic acids is 1. The standard InChI is InChI=1S/C16H20ClN3O2.ClH/c1-3-16(4-2,10-18)19-15(21)13-9-14(22-20-13)11-6-5-7-12(17)8-11;/h5-9H,3-4,10,18H2,1-2H3,(H,19,21);1H. The van der Waals surface area contributed by atoms with Crippen LogP contribution < -0.4 is 11.1 Å². The van der Waals surface area contributed by atoms with Crippen molar-refractivity contribution in [2.24, 2.45) is 5.73 Å². The van der Waals surface area contributed by atoms with Crippen molar-refractivity contribution in [2.45, 2.75) is 32.2 Å². The zero-order valence-corrected chi connectivity index (χ0v) is 14.7. The third-order valence-electron chi connectivity index (χ3n) is 3.97. The second kappa shape index (κ2) is 8.34. The molecular formula is C16H21Cl2N3O2. The van der Waals surface area contributed by atoms with Crippen LogP contribution in [0.25, 0.3) is 11.3 Å². The molecule has 3 N–H and O–H groups in total. The number of amides is 1. The zero-order valence-electron chi connectivity index (χ0n) is 13.1. The molecule has 0 fully saturated rings. The third-order valence-corrected chi connectivity index (χ3v) is 4.21. The molecule has 2 aromatic rings. The Morgan fingerprint density at radius 2 is 2.04 bits per heavy atom. The largest absolute Gasteiger partial charge is 0.355 e. The molecule has 1 aromatic heterocycles. The van der Waals surface area contributed by atoms with Crippen molar-refractivity contribution >= 4 is 29.9 Å². The Bertz CT molecular complexity index is 646. The molecule has 0 bridgehead atoms. The summed E-state index contributed by atoms with van der Waals surface area (Å²) in [5.74, 6) is 0.213. The van der Waals surface area contributed by atoms with Gasteiger partial charge in [-0.3, -0.25) is 4.79 Å². The molecule has 1 heterocycles. The Labute approximate surface area is 147 Å². The Hall–Kier alpha value is -1.56. The number of nitrogens with zero attached hydrogens (tertiary/aromatic N) is 1. The fourth-order valence-electron chi connectivity index (χ4n) is 2.23. The monoisotopic (exact) mass is 357 g/mol. The molecular weight excluding hydrogens is 337 g/mol. The summed E-state index contributed by atoms with van der Waals surface area (Å²) in [4.78, 5) is 12.3. The summed E-state index contributed by atoms with van der Waals surface area (Å²) in [6.45, 7) is 4.37. The minimum Gasteiger partial charge on any atom is -0.355 e. The van der Waals surface area contributed by atoms with Crippen LogP contribution in [-0.4, -0.2) is 23.1 Å². The van der Waals surface area contributed by atoms with Crippen LogP contribution in [0.2, 0.25) is 5.02 Å². The molecule has 0 aliphatic rings. The van der Waals surface area contributed by atoms with Gasteiger partial charge in [0.2, 0.25) is 0 Å². The Morgan fingerprint density at radius 1 is 1.35 bits per heavy atom. The molecule has 0 aliphatic carbocycles. The first kappa shape index (κ1) is 19.5. The van der Waals surface area contributed by atoms with Gasteiger partial charge in [-0.1, -0.05) is 42.7 Å². The molecule has 23 heavy (non-hydrogen) atoms. The number of nitrogens with two attached hydrogens (primary N) is 1. The first-order valence-electron chi connectivity index (χ1n) is 7.29. The van der Waals surface area contributed by atoms with Crippen LogP contribution in [0.5, 0.6) is 0 Å². The van der Waals surface area contributed by atoms with Gasteiger partial charge in [-0.2, -0.15) is 0 Å². The maximum atomic E-state index is 12.3. The highest BCUT2D eigenvalue weighted by molar-refractivity contribution is 6.30. The van der Waals surface area contributed by atoms with Gasteiger partial charge in [-0.05, 0) is 25.0 Å². The first-order valence-corrected chi connectivity index (χ1v) is 7.66. The lowest BCUT2D eigenvalue weighted by Crippen LogP contribution is -2.52. The summed E-state index contributed by atoms with van der Waals surface area (Å²) in [6.07, 6.45) is 1.51. The summed E-state index contributed by atoms with van der Waals surface area (Å²) in [6, 6.07) is 8.79. The molecule has 1 amide bonds. The average molecular weight is 358 g/mol. The van der Waals surface area contributed by atoms with E-state index in [1.54, 1.807) is 18.2 Å². The maximum absolute atomic E-state index is 12.3. The lowest BCUT2D eigenvalue weighted by Gasteiger charge is -2.30. The topological polar surface area (TPSA) is 81.1 Å². The van der Waals surface area contributed by atoms with Gasteiger partial charge in [-0.25, -0.2) is 0 Å². The molecule has 1 aromatic carbocycles. The fourth-order valence-corrected chi connectivity index (χ4v) is 2.42. The average Bonchev–Trinajstić information content (AvgIpc) is 3.03. The summed E-state index contributed by atoms with van der Waals surface area (Å²) >= 11 is 5.95. The van der Waals surface area contributed by atoms with Crippen molar-refractivity contribution in [3.63, 3.8) is 0 Å². The van der Waals surface area contributed by atoms with E-state index in [2.05, 4.69) is 10.5 Å². The van der Waals surface area contributed by atoms with Gasteiger partial charge < -0.3 is 15.6 Å². The molecule has 126 valence electrons. The Balaban J connectivity index is 0.00000264. The lowest BCUT2D eigenvalue weighted by atomic mass is 9.93. The quantitative estimate of drug-likeness (QED) is 0.826. The van der Waals surface area contributed by atoms with Crippen LogP contribution in [-0.2, 0) is 0 Å². The van der Waals surface area contributed by atoms with Crippen molar-refractivity contribution in [2.75, 3.05) is 6.54 Å². The molecule has 2 rings (SSSR count). The van der Waals surface area contributed by atoms with Crippen LogP contribution in [0.4, 0.5) is 0 Å². The fraction of sp³-hybridized carbons (Fsp3) is 0.375. The predicted molar refractivity (Wildman–Crippen MR) is 94.0 cm³/mol. The number of carbonyl (C=O) groups is 1. The van der Waals surface area contributed by atoms with Crippen molar-refractivity contribution in [1.82, 2.24) is 10.5 Å². The van der Waals surface area contributed by atoms with E-state index in [1.165, 1.54) is 0 Å². The number of benzene rings is 1. The number of hydrogen-bond donors (Lipinski definition) is 2. The van der Waals surface area contributed by atoms with Gasteiger partial charge in [0, 0.05) is 23.2 Å². The Morgan fingerprint density at radius 3 is 2.61 bits per heavy atom. The highest BCUT2D eigenvalue weighted by Gasteiger charge is 2.28. The summed E-state index contributed by atoms with van der Waals surface area (Å²) in [5, 5.41) is 7.39. The molecule has 0 saturated heterocycles. The van der Waals surface area contributed by atoms with E-state index >= 15 is 0 Å². The van der Waals surface area contributed by atoms with Crippen LogP contribution in [0, 0.1) is 0 Å². The number of rotatable bonds is 6. The van der Waals surface area contributed by atoms with Crippen LogP contribution in [0.1, 0.15) is 37.2 Å². The van der Waals surface area contributed by atoms with E-state index in [-0.39, 0.29) is 24.0 Å². The summed E-state index contributed by atoms with van der Waals surface area (Å²) in [7, 11) is 0. The molecule has 0 spiro atoms. The van der Waals surface area contributed by atoms with Crippen molar-refractivity contribution in [1.29, 1.82) is 0 Å². The van der Waals surface area contributed by atoms with E-state index < -0.39 is 5.54 Å². The van der Waals surface area contributed by atoms with Crippen molar-refractivity contribution < 1.29 is 9.32 Å².